The van der Waals surface area contributed by atoms with Crippen LogP contribution in [0.4, 0.5) is 0 Å². The second kappa shape index (κ2) is 40.1. The third kappa shape index (κ3) is 27.0. The van der Waals surface area contributed by atoms with Crippen LogP contribution < -0.4 is 5.32 Å². The molecule has 0 aromatic carbocycles. The van der Waals surface area contributed by atoms with Crippen molar-refractivity contribution in [1.82, 2.24) is 5.32 Å². The molecule has 0 bridgehead atoms. The molecule has 2 saturated heterocycles. The van der Waals surface area contributed by atoms with E-state index in [4.69, 9.17) is 18.9 Å². The Morgan fingerprint density at radius 2 is 0.955 bits per heavy atom. The Labute approximate surface area is 405 Å². The van der Waals surface area contributed by atoms with Gasteiger partial charge in [0.2, 0.25) is 5.91 Å². The zero-order valence-electron chi connectivity index (χ0n) is 41.9. The van der Waals surface area contributed by atoms with Gasteiger partial charge in [0.15, 0.2) is 12.6 Å². The molecule has 0 aromatic heterocycles. The molecule has 14 nitrogen and oxygen atoms in total. The first-order valence-electron chi connectivity index (χ1n) is 27.1. The minimum absolute atomic E-state index is 0.251. The highest BCUT2D eigenvalue weighted by Crippen LogP contribution is 2.30. The predicted octanol–water partition coefficient (Wildman–Crippen LogP) is 7.72. The Balaban J connectivity index is 1.79. The fourth-order valence-corrected chi connectivity index (χ4v) is 8.95. The van der Waals surface area contributed by atoms with Crippen LogP contribution >= 0.6 is 0 Å². The molecule has 9 N–H and O–H groups in total. The van der Waals surface area contributed by atoms with E-state index in [2.05, 4.69) is 31.3 Å². The highest BCUT2D eigenvalue weighted by molar-refractivity contribution is 5.76. The van der Waals surface area contributed by atoms with E-state index in [1.807, 2.05) is 6.08 Å². The number of rotatable bonds is 42. The van der Waals surface area contributed by atoms with Gasteiger partial charge in [-0.2, -0.15) is 0 Å². The third-order valence-corrected chi connectivity index (χ3v) is 13.4. The Hall–Kier alpha value is -1.53. The van der Waals surface area contributed by atoms with Gasteiger partial charge in [-0.15, -0.1) is 0 Å². The third-order valence-electron chi connectivity index (χ3n) is 13.4. The molecular weight excluding hydrogens is 859 g/mol. The molecule has 394 valence electrons. The van der Waals surface area contributed by atoms with Gasteiger partial charge in [0, 0.05) is 6.42 Å². The van der Waals surface area contributed by atoms with Crippen LogP contribution in [0.3, 0.4) is 0 Å². The Bertz CT molecular complexity index is 1220. The second-order valence-electron chi connectivity index (χ2n) is 19.4. The van der Waals surface area contributed by atoms with Gasteiger partial charge in [0.25, 0.3) is 0 Å². The number of hydrogen-bond acceptors (Lipinski definition) is 13. The van der Waals surface area contributed by atoms with Crippen LogP contribution in [0.15, 0.2) is 24.3 Å². The standard InChI is InChI=1S/C53H99NO13/c1-3-5-7-9-11-13-15-16-17-18-19-20-21-22-23-24-25-26-27-28-30-32-34-36-42(57)41(54-45(58)37-35-33-31-29-14-12-10-8-6-4-2)40-64-52-50(63)48(61)51(44(39-56)66-52)67-53-49(62)47(60)46(59)43(38-55)65-53/h27-28,34,36,41-44,46-53,55-57,59-63H,3-26,29-33,35,37-40H2,1-2H3,(H,54,58)/b28-27+,36-34+. The zero-order valence-corrected chi connectivity index (χ0v) is 41.9. The van der Waals surface area contributed by atoms with Crippen molar-refractivity contribution in [2.45, 2.75) is 286 Å². The number of carbonyl (C=O) groups excluding carboxylic acids is 1. The van der Waals surface area contributed by atoms with Gasteiger partial charge in [-0.3, -0.25) is 4.79 Å². The summed E-state index contributed by atoms with van der Waals surface area (Å²) in [7, 11) is 0. The molecule has 2 rings (SSSR count). The van der Waals surface area contributed by atoms with Crippen molar-refractivity contribution in [3.8, 4) is 0 Å². The predicted molar refractivity (Wildman–Crippen MR) is 263 cm³/mol. The first-order valence-corrected chi connectivity index (χ1v) is 27.1. The van der Waals surface area contributed by atoms with Crippen LogP contribution in [0.2, 0.25) is 0 Å². The maximum Gasteiger partial charge on any atom is 0.220 e. The van der Waals surface area contributed by atoms with Gasteiger partial charge in [-0.1, -0.05) is 199 Å². The topological polar surface area (TPSA) is 228 Å². The average molecular weight is 958 g/mol. The summed E-state index contributed by atoms with van der Waals surface area (Å²) in [6, 6.07) is -0.925. The number of aliphatic hydroxyl groups is 8. The first kappa shape index (κ1) is 61.6. The van der Waals surface area contributed by atoms with E-state index in [-0.39, 0.29) is 18.9 Å². The van der Waals surface area contributed by atoms with Crippen molar-refractivity contribution in [3.63, 3.8) is 0 Å². The SMILES string of the molecule is CCCCCCCCCCCCCCCCCCC/C=C/CC/C=C/C(O)C(COC1OC(CO)C(OC2OC(CO)C(O)C(O)C2O)C(O)C1O)NC(=O)CCCCCCCCCCCC. The van der Waals surface area contributed by atoms with Gasteiger partial charge in [-0.05, 0) is 32.1 Å². The molecule has 14 heteroatoms. The molecule has 0 saturated carbocycles. The normalized spacial score (nSPS) is 26.7. The monoisotopic (exact) mass is 958 g/mol. The minimum atomic E-state index is -1.79. The maximum atomic E-state index is 13.1. The molecule has 12 atom stereocenters. The molecule has 2 heterocycles. The van der Waals surface area contributed by atoms with Gasteiger partial charge >= 0.3 is 0 Å². The van der Waals surface area contributed by atoms with Gasteiger partial charge in [0.05, 0.1) is 32.0 Å². The lowest BCUT2D eigenvalue weighted by molar-refractivity contribution is -0.359. The number of aliphatic hydroxyl groups excluding tert-OH is 8. The Morgan fingerprint density at radius 3 is 1.46 bits per heavy atom. The number of amides is 1. The Morgan fingerprint density at radius 1 is 0.522 bits per heavy atom. The number of ether oxygens (including phenoxy) is 4. The van der Waals surface area contributed by atoms with E-state index in [0.717, 1.165) is 32.1 Å². The molecular formula is C53H99NO13. The molecule has 0 radical (unpaired) electrons. The van der Waals surface area contributed by atoms with Crippen LogP contribution in [0.5, 0.6) is 0 Å². The summed E-state index contributed by atoms with van der Waals surface area (Å²) in [5.74, 6) is -0.251. The fourth-order valence-electron chi connectivity index (χ4n) is 8.95. The van der Waals surface area contributed by atoms with Crippen molar-refractivity contribution in [2.24, 2.45) is 0 Å². The molecule has 0 spiro atoms. The summed E-state index contributed by atoms with van der Waals surface area (Å²) in [6.45, 7) is 2.76. The Kier molecular flexibility index (Phi) is 36.9. The van der Waals surface area contributed by atoms with E-state index < -0.39 is 86.8 Å². The lowest BCUT2D eigenvalue weighted by Gasteiger charge is -2.46. The van der Waals surface area contributed by atoms with E-state index in [9.17, 15) is 45.6 Å². The molecule has 0 aliphatic carbocycles. The van der Waals surface area contributed by atoms with Crippen molar-refractivity contribution in [3.05, 3.63) is 24.3 Å². The summed E-state index contributed by atoms with van der Waals surface area (Å²) >= 11 is 0. The summed E-state index contributed by atoms with van der Waals surface area (Å²) in [6.07, 6.45) is 28.1. The molecule has 1 amide bonds. The molecule has 67 heavy (non-hydrogen) atoms. The largest absolute Gasteiger partial charge is 0.394 e. The van der Waals surface area contributed by atoms with Crippen LogP contribution in [-0.4, -0.2) is 140 Å². The summed E-state index contributed by atoms with van der Waals surface area (Å²) < 4.78 is 22.7. The molecule has 0 aromatic rings. The first-order chi connectivity index (χ1) is 32.6. The van der Waals surface area contributed by atoms with Crippen LogP contribution in [0.25, 0.3) is 0 Å². The molecule has 2 aliphatic rings. The minimum Gasteiger partial charge on any atom is -0.394 e. The van der Waals surface area contributed by atoms with E-state index >= 15 is 0 Å². The van der Waals surface area contributed by atoms with Crippen molar-refractivity contribution in [1.29, 1.82) is 0 Å². The van der Waals surface area contributed by atoms with Crippen molar-refractivity contribution in [2.75, 3.05) is 19.8 Å². The smallest absolute Gasteiger partial charge is 0.220 e. The van der Waals surface area contributed by atoms with E-state index in [1.165, 1.54) is 148 Å². The summed E-state index contributed by atoms with van der Waals surface area (Å²) in [4.78, 5) is 13.1. The lowest BCUT2D eigenvalue weighted by Crippen LogP contribution is -2.65. The van der Waals surface area contributed by atoms with Crippen LogP contribution in [0, 0.1) is 0 Å². The highest BCUT2D eigenvalue weighted by Gasteiger charge is 2.51. The highest BCUT2D eigenvalue weighted by atomic mass is 16.7. The van der Waals surface area contributed by atoms with E-state index in [0.29, 0.717) is 12.8 Å². The number of hydrogen-bond donors (Lipinski definition) is 9. The molecule has 2 aliphatic heterocycles. The number of allylic oxidation sites excluding steroid dienone is 3. The molecule has 2 fully saturated rings. The van der Waals surface area contributed by atoms with E-state index in [1.54, 1.807) is 6.08 Å². The van der Waals surface area contributed by atoms with Gasteiger partial charge in [0.1, 0.15) is 48.8 Å². The second-order valence-corrected chi connectivity index (χ2v) is 19.4. The van der Waals surface area contributed by atoms with Crippen LogP contribution in [0.1, 0.15) is 213 Å². The fraction of sp³-hybridized carbons (Fsp3) is 0.906. The molecule has 12 unspecified atom stereocenters. The van der Waals surface area contributed by atoms with Crippen LogP contribution in [-0.2, 0) is 23.7 Å². The lowest BCUT2D eigenvalue weighted by atomic mass is 9.97. The maximum absolute atomic E-state index is 13.1. The van der Waals surface area contributed by atoms with Crippen molar-refractivity contribution >= 4 is 5.91 Å². The number of unbranched alkanes of at least 4 members (excludes halogenated alkanes) is 27. The summed E-state index contributed by atoms with van der Waals surface area (Å²) in [5.41, 5.74) is 0. The van der Waals surface area contributed by atoms with Gasteiger partial charge in [-0.25, -0.2) is 0 Å². The average Bonchev–Trinajstić information content (AvgIpc) is 3.32. The number of carbonyl (C=O) groups is 1. The van der Waals surface area contributed by atoms with Crippen molar-refractivity contribution < 1.29 is 64.6 Å². The quantitative estimate of drug-likeness (QED) is 0.0211. The summed E-state index contributed by atoms with van der Waals surface area (Å²) in [5, 5.41) is 86.7. The zero-order chi connectivity index (χ0) is 48.9. The number of nitrogens with one attached hydrogen (secondary N) is 1. The van der Waals surface area contributed by atoms with Gasteiger partial charge < -0.3 is 65.1 Å².